The van der Waals surface area contributed by atoms with E-state index in [-0.39, 0.29) is 10.8 Å². The zero-order valence-electron chi connectivity index (χ0n) is 4.47. The van der Waals surface area contributed by atoms with Crippen molar-refractivity contribution in [2.75, 3.05) is 0 Å². The Kier molecular flexibility index (Phi) is 1.80. The van der Waals surface area contributed by atoms with Gasteiger partial charge in [0.2, 0.25) is 0 Å². The summed E-state index contributed by atoms with van der Waals surface area (Å²) in [7, 11) is 0. The summed E-state index contributed by atoms with van der Waals surface area (Å²) >= 11 is 7.08. The molecule has 2 atom stereocenters. The topological polar surface area (TPSA) is 38.4 Å². The van der Waals surface area contributed by atoms with E-state index in [0.29, 0.717) is 0 Å². The van der Waals surface area contributed by atoms with Gasteiger partial charge in [0.05, 0.1) is 10.8 Å². The molecule has 2 N–H and O–H groups in total. The second kappa shape index (κ2) is 2.25. The average molecular weight is 151 g/mol. The summed E-state index contributed by atoms with van der Waals surface area (Å²) in [5, 5.41) is -0.0864. The molecule has 0 bridgehead atoms. The van der Waals surface area contributed by atoms with E-state index >= 15 is 0 Å². The molecule has 0 saturated carbocycles. The van der Waals surface area contributed by atoms with E-state index in [1.807, 2.05) is 6.92 Å². The molecule has 1 rings (SSSR count). The van der Waals surface area contributed by atoms with Crippen LogP contribution in [0.1, 0.15) is 6.92 Å². The molecule has 0 fully saturated rings. The monoisotopic (exact) mass is 150 g/mol. The molecule has 0 aromatic heterocycles. The number of halogens is 1. The van der Waals surface area contributed by atoms with Crippen molar-refractivity contribution in [1.82, 2.24) is 0 Å². The van der Waals surface area contributed by atoms with Gasteiger partial charge in [-0.15, -0.1) is 11.6 Å². The molecular weight excluding hydrogens is 144 g/mol. The van der Waals surface area contributed by atoms with Crippen molar-refractivity contribution in [2.45, 2.75) is 17.7 Å². The number of alkyl halides is 1. The molecule has 1 heterocycles. The summed E-state index contributed by atoms with van der Waals surface area (Å²) < 4.78 is 3.97. The highest BCUT2D eigenvalue weighted by molar-refractivity contribution is 7.99. The predicted molar refractivity (Wildman–Crippen MR) is 38.3 cm³/mol. The summed E-state index contributed by atoms with van der Waals surface area (Å²) in [6.45, 7) is 1.89. The molecule has 0 aliphatic carbocycles. The highest BCUT2D eigenvalue weighted by atomic mass is 35.5. The highest BCUT2D eigenvalue weighted by Gasteiger charge is 2.23. The molecule has 46 valence electrons. The lowest BCUT2D eigenvalue weighted by atomic mass is 10.3. The van der Waals surface area contributed by atoms with Crippen molar-refractivity contribution in [2.24, 2.45) is 10.1 Å². The van der Waals surface area contributed by atoms with Gasteiger partial charge in [-0.2, -0.15) is 0 Å². The summed E-state index contributed by atoms with van der Waals surface area (Å²) in [6, 6.07) is 0. The summed E-state index contributed by atoms with van der Waals surface area (Å²) in [5.74, 6) is 0. The van der Waals surface area contributed by atoms with Gasteiger partial charge in [-0.05, 0) is 18.9 Å². The first-order valence-electron chi connectivity index (χ1n) is 2.32. The van der Waals surface area contributed by atoms with Crippen LogP contribution in [-0.4, -0.2) is 16.5 Å². The maximum Gasteiger partial charge on any atom is 0.0984 e. The SMILES string of the molecule is CC1=NSC(N)C1Cl. The molecule has 0 spiro atoms. The first kappa shape index (κ1) is 6.39. The minimum atomic E-state index is -0.0556. The molecule has 0 aromatic carbocycles. The lowest BCUT2D eigenvalue weighted by molar-refractivity contribution is 0.989. The van der Waals surface area contributed by atoms with Crippen molar-refractivity contribution < 1.29 is 0 Å². The fourth-order valence-electron chi connectivity index (χ4n) is 0.486. The van der Waals surface area contributed by atoms with Gasteiger partial charge in [-0.25, -0.2) is 4.40 Å². The van der Waals surface area contributed by atoms with Crippen LogP contribution in [-0.2, 0) is 0 Å². The lowest BCUT2D eigenvalue weighted by Gasteiger charge is -2.02. The molecule has 0 saturated heterocycles. The quantitative estimate of drug-likeness (QED) is 0.413. The zero-order valence-corrected chi connectivity index (χ0v) is 6.04. The van der Waals surface area contributed by atoms with Crippen molar-refractivity contribution in [3.8, 4) is 0 Å². The van der Waals surface area contributed by atoms with Crippen LogP contribution in [0, 0.1) is 0 Å². The van der Waals surface area contributed by atoms with Crippen LogP contribution < -0.4 is 5.73 Å². The molecule has 0 amide bonds. The molecule has 1 aliphatic heterocycles. The Bertz CT molecular complexity index is 125. The van der Waals surface area contributed by atoms with Crippen LogP contribution in [0.15, 0.2) is 4.40 Å². The number of hydrogen-bond acceptors (Lipinski definition) is 3. The van der Waals surface area contributed by atoms with E-state index in [9.17, 15) is 0 Å². The molecule has 2 unspecified atom stereocenters. The van der Waals surface area contributed by atoms with Crippen molar-refractivity contribution >= 4 is 29.3 Å². The summed E-state index contributed by atoms with van der Waals surface area (Å²) in [5.41, 5.74) is 6.42. The van der Waals surface area contributed by atoms with Gasteiger partial charge in [0.25, 0.3) is 0 Å². The third kappa shape index (κ3) is 0.989. The molecule has 0 aromatic rings. The van der Waals surface area contributed by atoms with Gasteiger partial charge in [-0.3, -0.25) is 0 Å². The van der Waals surface area contributed by atoms with Gasteiger partial charge in [0.15, 0.2) is 0 Å². The number of nitrogens with two attached hydrogens (primary N) is 1. The van der Waals surface area contributed by atoms with E-state index in [1.54, 1.807) is 0 Å². The van der Waals surface area contributed by atoms with Gasteiger partial charge in [0, 0.05) is 5.71 Å². The van der Waals surface area contributed by atoms with Crippen LogP contribution >= 0.6 is 23.5 Å². The summed E-state index contributed by atoms with van der Waals surface area (Å²) in [4.78, 5) is 0. The fraction of sp³-hybridized carbons (Fsp3) is 0.750. The van der Waals surface area contributed by atoms with E-state index < -0.39 is 0 Å². The molecule has 4 heteroatoms. The maximum absolute atomic E-state index is 5.74. The molecule has 0 radical (unpaired) electrons. The highest BCUT2D eigenvalue weighted by Crippen LogP contribution is 2.24. The fourth-order valence-corrected chi connectivity index (χ4v) is 1.44. The lowest BCUT2D eigenvalue weighted by Crippen LogP contribution is -2.27. The molecular formula is C4H7ClN2S. The number of rotatable bonds is 0. The van der Waals surface area contributed by atoms with Crippen LogP contribution in [0.3, 0.4) is 0 Å². The first-order chi connectivity index (χ1) is 3.72. The Labute approximate surface area is 57.6 Å². The van der Waals surface area contributed by atoms with Gasteiger partial charge in [0.1, 0.15) is 0 Å². The Balaban J connectivity index is 2.59. The van der Waals surface area contributed by atoms with Crippen LogP contribution in [0.2, 0.25) is 0 Å². The normalized spacial score (nSPS) is 37.6. The largest absolute Gasteiger partial charge is 0.316 e. The Morgan fingerprint density at radius 1 is 1.88 bits per heavy atom. The van der Waals surface area contributed by atoms with Crippen molar-refractivity contribution in [3.63, 3.8) is 0 Å². The Hall–Kier alpha value is 0.270. The average Bonchev–Trinajstić information content (AvgIpc) is 1.98. The second-order valence-corrected chi connectivity index (χ2v) is 3.11. The third-order valence-corrected chi connectivity index (χ3v) is 2.65. The number of hydrogen-bond donors (Lipinski definition) is 1. The first-order valence-corrected chi connectivity index (χ1v) is 3.59. The zero-order chi connectivity index (χ0) is 6.15. The Morgan fingerprint density at radius 3 is 2.62 bits per heavy atom. The van der Waals surface area contributed by atoms with Gasteiger partial charge < -0.3 is 5.73 Å². The smallest absolute Gasteiger partial charge is 0.0984 e. The Morgan fingerprint density at radius 2 is 2.50 bits per heavy atom. The second-order valence-electron chi connectivity index (χ2n) is 1.70. The molecule has 2 nitrogen and oxygen atoms in total. The van der Waals surface area contributed by atoms with Crippen LogP contribution in [0.5, 0.6) is 0 Å². The minimum Gasteiger partial charge on any atom is -0.316 e. The summed E-state index contributed by atoms with van der Waals surface area (Å²) in [6.07, 6.45) is 0. The van der Waals surface area contributed by atoms with Crippen LogP contribution in [0.4, 0.5) is 0 Å². The predicted octanol–water partition coefficient (Wildman–Crippen LogP) is 1.00. The third-order valence-electron chi connectivity index (χ3n) is 1.01. The maximum atomic E-state index is 5.74. The standard InChI is InChI=1S/C4H7ClN2S/c1-2-3(5)4(6)8-7-2/h3-4H,6H2,1H3. The van der Waals surface area contributed by atoms with Crippen molar-refractivity contribution in [1.29, 1.82) is 0 Å². The van der Waals surface area contributed by atoms with Crippen molar-refractivity contribution in [3.05, 3.63) is 0 Å². The molecule has 8 heavy (non-hydrogen) atoms. The van der Waals surface area contributed by atoms with Gasteiger partial charge in [-0.1, -0.05) is 0 Å². The van der Waals surface area contributed by atoms with E-state index in [0.717, 1.165) is 5.71 Å². The van der Waals surface area contributed by atoms with E-state index in [2.05, 4.69) is 4.40 Å². The minimum absolute atomic E-state index is 0.0309. The van der Waals surface area contributed by atoms with E-state index in [4.69, 9.17) is 17.3 Å². The number of nitrogens with zero attached hydrogens (tertiary/aromatic N) is 1. The van der Waals surface area contributed by atoms with E-state index in [1.165, 1.54) is 11.9 Å². The van der Waals surface area contributed by atoms with Gasteiger partial charge >= 0.3 is 0 Å². The molecule has 1 aliphatic rings. The van der Waals surface area contributed by atoms with Crippen LogP contribution in [0.25, 0.3) is 0 Å².